The van der Waals surface area contributed by atoms with Gasteiger partial charge in [0.2, 0.25) is 11.8 Å². The van der Waals surface area contributed by atoms with E-state index in [1.807, 2.05) is 0 Å². The molecular formula is C13H25N3O3. The highest BCUT2D eigenvalue weighted by Crippen LogP contribution is 2.38. The molecule has 1 aliphatic rings. The minimum atomic E-state index is -0.508. The summed E-state index contributed by atoms with van der Waals surface area (Å²) < 4.78 is 5.00. The standard InChI is InChI=1S/C13H25N3O3/c1-10-2-4-13(9-14,5-3-10)12(18)16-6-7-19-8-11(15)17/h10H,2-9,14H2,1H3,(H2,15,17)(H,16,18). The number of rotatable bonds is 7. The van der Waals surface area contributed by atoms with Crippen molar-refractivity contribution in [3.05, 3.63) is 0 Å². The number of primary amides is 1. The van der Waals surface area contributed by atoms with E-state index in [-0.39, 0.29) is 19.1 Å². The number of hydrogen-bond acceptors (Lipinski definition) is 4. The lowest BCUT2D eigenvalue weighted by Crippen LogP contribution is -2.48. The van der Waals surface area contributed by atoms with E-state index in [4.69, 9.17) is 16.2 Å². The van der Waals surface area contributed by atoms with Crippen LogP contribution < -0.4 is 16.8 Å². The summed E-state index contributed by atoms with van der Waals surface area (Å²) in [4.78, 5) is 22.7. The molecule has 6 nitrogen and oxygen atoms in total. The van der Waals surface area contributed by atoms with E-state index < -0.39 is 11.3 Å². The van der Waals surface area contributed by atoms with Gasteiger partial charge in [0.25, 0.3) is 0 Å². The van der Waals surface area contributed by atoms with Crippen LogP contribution in [0.3, 0.4) is 0 Å². The van der Waals surface area contributed by atoms with Crippen molar-refractivity contribution in [1.29, 1.82) is 0 Å². The minimum absolute atomic E-state index is 0.00424. The molecule has 0 aromatic rings. The highest BCUT2D eigenvalue weighted by atomic mass is 16.5. The van der Waals surface area contributed by atoms with Crippen LogP contribution in [0.25, 0.3) is 0 Å². The first-order chi connectivity index (χ1) is 9.00. The lowest BCUT2D eigenvalue weighted by Gasteiger charge is -2.37. The van der Waals surface area contributed by atoms with Gasteiger partial charge < -0.3 is 21.5 Å². The van der Waals surface area contributed by atoms with E-state index in [1.165, 1.54) is 0 Å². The normalized spacial score (nSPS) is 26.9. The van der Waals surface area contributed by atoms with Gasteiger partial charge in [-0.1, -0.05) is 6.92 Å². The van der Waals surface area contributed by atoms with Gasteiger partial charge in [-0.2, -0.15) is 0 Å². The quantitative estimate of drug-likeness (QED) is 0.555. The first kappa shape index (κ1) is 15.9. The van der Waals surface area contributed by atoms with Crippen molar-refractivity contribution >= 4 is 11.8 Å². The molecule has 0 aliphatic heterocycles. The number of nitrogens with one attached hydrogen (secondary N) is 1. The van der Waals surface area contributed by atoms with Gasteiger partial charge in [0, 0.05) is 13.1 Å². The molecule has 110 valence electrons. The predicted octanol–water partition coefficient (Wildman–Crippen LogP) is -0.240. The van der Waals surface area contributed by atoms with Gasteiger partial charge >= 0.3 is 0 Å². The minimum Gasteiger partial charge on any atom is -0.370 e. The largest absolute Gasteiger partial charge is 0.370 e. The molecule has 0 unspecified atom stereocenters. The topological polar surface area (TPSA) is 107 Å². The fraction of sp³-hybridized carbons (Fsp3) is 0.846. The molecule has 0 aromatic heterocycles. The van der Waals surface area contributed by atoms with Gasteiger partial charge in [-0.15, -0.1) is 0 Å². The van der Waals surface area contributed by atoms with Crippen molar-refractivity contribution in [1.82, 2.24) is 5.32 Å². The van der Waals surface area contributed by atoms with Crippen molar-refractivity contribution in [3.63, 3.8) is 0 Å². The lowest BCUT2D eigenvalue weighted by molar-refractivity contribution is -0.133. The summed E-state index contributed by atoms with van der Waals surface area (Å²) in [6.45, 7) is 3.13. The maximum Gasteiger partial charge on any atom is 0.243 e. The third-order valence-corrected chi connectivity index (χ3v) is 3.88. The fourth-order valence-electron chi connectivity index (χ4n) is 2.44. The molecule has 0 bridgehead atoms. The molecule has 0 saturated heterocycles. The SMILES string of the molecule is CC1CCC(CN)(C(=O)NCCOCC(N)=O)CC1. The highest BCUT2D eigenvalue weighted by molar-refractivity contribution is 5.83. The van der Waals surface area contributed by atoms with E-state index in [0.717, 1.165) is 25.7 Å². The van der Waals surface area contributed by atoms with Crippen LogP contribution >= 0.6 is 0 Å². The molecule has 0 aromatic carbocycles. The molecule has 19 heavy (non-hydrogen) atoms. The Balaban J connectivity index is 2.32. The van der Waals surface area contributed by atoms with Gasteiger partial charge in [0.05, 0.1) is 12.0 Å². The number of hydrogen-bond donors (Lipinski definition) is 3. The van der Waals surface area contributed by atoms with E-state index in [0.29, 0.717) is 19.0 Å². The monoisotopic (exact) mass is 271 g/mol. The number of carbonyl (C=O) groups excluding carboxylic acids is 2. The Morgan fingerprint density at radius 1 is 1.37 bits per heavy atom. The average Bonchev–Trinajstić information content (AvgIpc) is 2.39. The van der Waals surface area contributed by atoms with Crippen LogP contribution in [0.5, 0.6) is 0 Å². The van der Waals surface area contributed by atoms with Crippen LogP contribution in [0.4, 0.5) is 0 Å². The molecule has 5 N–H and O–H groups in total. The van der Waals surface area contributed by atoms with Crippen LogP contribution in [0, 0.1) is 11.3 Å². The summed E-state index contributed by atoms with van der Waals surface area (Å²) in [5.41, 5.74) is 10.3. The van der Waals surface area contributed by atoms with E-state index in [9.17, 15) is 9.59 Å². The fourth-order valence-corrected chi connectivity index (χ4v) is 2.44. The Morgan fingerprint density at radius 3 is 2.53 bits per heavy atom. The van der Waals surface area contributed by atoms with Crippen LogP contribution in [-0.2, 0) is 14.3 Å². The summed E-state index contributed by atoms with van der Waals surface area (Å²) >= 11 is 0. The summed E-state index contributed by atoms with van der Waals surface area (Å²) in [6, 6.07) is 0. The molecule has 0 radical (unpaired) electrons. The summed E-state index contributed by atoms with van der Waals surface area (Å²) in [7, 11) is 0. The summed E-state index contributed by atoms with van der Waals surface area (Å²) in [5.74, 6) is 0.168. The van der Waals surface area contributed by atoms with Crippen molar-refractivity contribution in [2.45, 2.75) is 32.6 Å². The second kappa shape index (κ2) is 7.45. The zero-order valence-electron chi connectivity index (χ0n) is 11.6. The Labute approximate surface area is 114 Å². The molecule has 6 heteroatoms. The first-order valence-corrected chi connectivity index (χ1v) is 6.84. The number of carbonyl (C=O) groups is 2. The zero-order valence-corrected chi connectivity index (χ0v) is 11.6. The Morgan fingerprint density at radius 2 is 2.00 bits per heavy atom. The molecule has 1 rings (SSSR count). The number of ether oxygens (including phenoxy) is 1. The van der Waals surface area contributed by atoms with Gasteiger partial charge in [0.1, 0.15) is 6.61 Å². The smallest absolute Gasteiger partial charge is 0.243 e. The van der Waals surface area contributed by atoms with Gasteiger partial charge in [-0.25, -0.2) is 0 Å². The number of amides is 2. The summed E-state index contributed by atoms with van der Waals surface area (Å²) in [6.07, 6.45) is 3.78. The average molecular weight is 271 g/mol. The highest BCUT2D eigenvalue weighted by Gasteiger charge is 2.39. The van der Waals surface area contributed by atoms with Crippen LogP contribution in [0.2, 0.25) is 0 Å². The predicted molar refractivity (Wildman–Crippen MR) is 72.1 cm³/mol. The van der Waals surface area contributed by atoms with Crippen molar-refractivity contribution in [2.75, 3.05) is 26.3 Å². The maximum absolute atomic E-state index is 12.2. The van der Waals surface area contributed by atoms with E-state index in [1.54, 1.807) is 0 Å². The molecular weight excluding hydrogens is 246 g/mol. The lowest BCUT2D eigenvalue weighted by atomic mass is 9.70. The third kappa shape index (κ3) is 4.80. The van der Waals surface area contributed by atoms with Crippen molar-refractivity contribution in [3.8, 4) is 0 Å². The number of nitrogens with two attached hydrogens (primary N) is 2. The molecule has 0 atom stereocenters. The molecule has 1 aliphatic carbocycles. The van der Waals surface area contributed by atoms with Gasteiger partial charge in [0.15, 0.2) is 0 Å². The molecule has 2 amide bonds. The zero-order chi connectivity index (χ0) is 14.3. The summed E-state index contributed by atoms with van der Waals surface area (Å²) in [5, 5.41) is 2.84. The van der Waals surface area contributed by atoms with Crippen molar-refractivity contribution in [2.24, 2.45) is 22.8 Å². The second-order valence-corrected chi connectivity index (χ2v) is 5.44. The Hall–Kier alpha value is -1.14. The molecule has 0 heterocycles. The van der Waals surface area contributed by atoms with Gasteiger partial charge in [-0.3, -0.25) is 9.59 Å². The molecule has 0 spiro atoms. The Bertz CT molecular complexity index is 312. The Kier molecular flexibility index (Phi) is 6.24. The van der Waals surface area contributed by atoms with Crippen molar-refractivity contribution < 1.29 is 14.3 Å². The van der Waals surface area contributed by atoms with E-state index in [2.05, 4.69) is 12.2 Å². The first-order valence-electron chi connectivity index (χ1n) is 6.84. The van der Waals surface area contributed by atoms with E-state index >= 15 is 0 Å². The molecule has 1 saturated carbocycles. The molecule has 1 fully saturated rings. The third-order valence-electron chi connectivity index (χ3n) is 3.88. The van der Waals surface area contributed by atoms with Crippen LogP contribution in [0.1, 0.15) is 32.6 Å². The second-order valence-electron chi connectivity index (χ2n) is 5.44. The maximum atomic E-state index is 12.2. The van der Waals surface area contributed by atoms with Crippen LogP contribution in [-0.4, -0.2) is 38.1 Å². The van der Waals surface area contributed by atoms with Crippen LogP contribution in [0.15, 0.2) is 0 Å². The van der Waals surface area contributed by atoms with Gasteiger partial charge in [-0.05, 0) is 31.6 Å².